The molecule has 0 aromatic rings. The van der Waals surface area contributed by atoms with E-state index in [1.54, 1.807) is 6.92 Å². The molecule has 1 aliphatic heterocycles. The van der Waals surface area contributed by atoms with Crippen LogP contribution in [0.4, 0.5) is 0 Å². The number of hydrogen-bond acceptors (Lipinski definition) is 4. The van der Waals surface area contributed by atoms with Crippen molar-refractivity contribution in [3.63, 3.8) is 0 Å². The predicted octanol–water partition coefficient (Wildman–Crippen LogP) is -0.345. The molecule has 0 N–H and O–H groups in total. The zero-order chi connectivity index (χ0) is 12.2. The van der Waals surface area contributed by atoms with E-state index in [2.05, 4.69) is 0 Å². The summed E-state index contributed by atoms with van der Waals surface area (Å²) in [5, 5.41) is 8.65. The minimum Gasteiger partial charge on any atom is -0.379 e. The monoisotopic (exact) mass is 247 g/mol. The van der Waals surface area contributed by atoms with E-state index in [4.69, 9.17) is 10.00 Å². The lowest BCUT2D eigenvalue weighted by atomic mass is 10.2. The van der Waals surface area contributed by atoms with Gasteiger partial charge in [-0.05, 0) is 6.92 Å². The van der Waals surface area contributed by atoms with Crippen LogP contribution in [0.2, 0.25) is 0 Å². The van der Waals surface area contributed by atoms with Gasteiger partial charge in [-0.25, -0.2) is 0 Å². The maximum Gasteiger partial charge on any atom is 0.281 e. The van der Waals surface area contributed by atoms with Gasteiger partial charge in [-0.15, -0.1) is 0 Å². The van der Waals surface area contributed by atoms with Gasteiger partial charge >= 0.3 is 0 Å². The number of rotatable bonds is 4. The van der Waals surface area contributed by atoms with Gasteiger partial charge in [-0.2, -0.15) is 22.3 Å². The molecule has 0 spiro atoms. The second-order valence-electron chi connectivity index (χ2n) is 3.83. The Morgan fingerprint density at radius 3 is 2.56 bits per heavy atom. The largest absolute Gasteiger partial charge is 0.379 e. The molecule has 16 heavy (non-hydrogen) atoms. The Morgan fingerprint density at radius 2 is 2.06 bits per heavy atom. The second kappa shape index (κ2) is 5.59. The summed E-state index contributed by atoms with van der Waals surface area (Å²) in [5.74, 6) is -0.305. The first-order valence-electron chi connectivity index (χ1n) is 5.17. The molecular weight excluding hydrogens is 230 g/mol. The van der Waals surface area contributed by atoms with E-state index in [-0.39, 0.29) is 12.5 Å². The number of morpholine rings is 1. The van der Waals surface area contributed by atoms with Crippen LogP contribution in [0.25, 0.3) is 0 Å². The van der Waals surface area contributed by atoms with Gasteiger partial charge in [0, 0.05) is 26.7 Å². The maximum absolute atomic E-state index is 12.0. The SMILES string of the molecule is CC(C#N)CN(C)S(=O)(=O)N1CCOCC1. The lowest BCUT2D eigenvalue weighted by Gasteiger charge is -2.30. The summed E-state index contributed by atoms with van der Waals surface area (Å²) < 4.78 is 31.8. The van der Waals surface area contributed by atoms with Gasteiger partial charge in [0.15, 0.2) is 0 Å². The van der Waals surface area contributed by atoms with Crippen LogP contribution < -0.4 is 0 Å². The van der Waals surface area contributed by atoms with Gasteiger partial charge in [0.2, 0.25) is 0 Å². The van der Waals surface area contributed by atoms with Crippen LogP contribution >= 0.6 is 0 Å². The molecule has 0 aromatic heterocycles. The highest BCUT2D eigenvalue weighted by molar-refractivity contribution is 7.86. The van der Waals surface area contributed by atoms with Crippen molar-refractivity contribution in [1.82, 2.24) is 8.61 Å². The minimum atomic E-state index is -3.43. The predicted molar refractivity (Wildman–Crippen MR) is 58.7 cm³/mol. The normalized spacial score (nSPS) is 20.6. The minimum absolute atomic E-state index is 0.218. The van der Waals surface area contributed by atoms with Gasteiger partial charge < -0.3 is 4.74 Å². The smallest absolute Gasteiger partial charge is 0.281 e. The second-order valence-corrected chi connectivity index (χ2v) is 5.87. The van der Waals surface area contributed by atoms with Crippen molar-refractivity contribution >= 4 is 10.2 Å². The standard InChI is InChI=1S/C9H17N3O3S/c1-9(7-10)8-11(2)16(13,14)12-3-5-15-6-4-12/h9H,3-6,8H2,1-2H3. The summed E-state index contributed by atoms with van der Waals surface area (Å²) in [4.78, 5) is 0. The van der Waals surface area contributed by atoms with E-state index in [1.807, 2.05) is 6.07 Å². The number of ether oxygens (including phenoxy) is 1. The van der Waals surface area contributed by atoms with Crippen molar-refractivity contribution in [2.75, 3.05) is 39.9 Å². The summed E-state index contributed by atoms with van der Waals surface area (Å²) in [6.45, 7) is 3.55. The summed E-state index contributed by atoms with van der Waals surface area (Å²) in [5.41, 5.74) is 0. The zero-order valence-electron chi connectivity index (χ0n) is 9.59. The molecule has 7 heteroatoms. The fraction of sp³-hybridized carbons (Fsp3) is 0.889. The molecule has 6 nitrogen and oxygen atoms in total. The molecule has 0 aliphatic carbocycles. The van der Waals surface area contributed by atoms with E-state index in [0.29, 0.717) is 26.3 Å². The first-order valence-corrected chi connectivity index (χ1v) is 6.57. The fourth-order valence-corrected chi connectivity index (χ4v) is 2.91. The van der Waals surface area contributed by atoms with E-state index in [1.165, 1.54) is 15.7 Å². The van der Waals surface area contributed by atoms with Crippen LogP contribution in [0.1, 0.15) is 6.92 Å². The van der Waals surface area contributed by atoms with Gasteiger partial charge in [0.1, 0.15) is 0 Å². The number of hydrogen-bond donors (Lipinski definition) is 0. The van der Waals surface area contributed by atoms with Crippen LogP contribution in [0.5, 0.6) is 0 Å². The highest BCUT2D eigenvalue weighted by Gasteiger charge is 2.29. The van der Waals surface area contributed by atoms with Crippen LogP contribution in [0, 0.1) is 17.2 Å². The Bertz CT molecular complexity index is 357. The quantitative estimate of drug-likeness (QED) is 0.681. The van der Waals surface area contributed by atoms with E-state index < -0.39 is 10.2 Å². The first kappa shape index (κ1) is 13.4. The molecular formula is C9H17N3O3S. The third kappa shape index (κ3) is 3.15. The number of nitrogens with zero attached hydrogens (tertiary/aromatic N) is 3. The molecule has 0 saturated carbocycles. The van der Waals surface area contributed by atoms with Gasteiger partial charge in [-0.3, -0.25) is 0 Å². The zero-order valence-corrected chi connectivity index (χ0v) is 10.4. The van der Waals surface area contributed by atoms with Crippen LogP contribution in [0.15, 0.2) is 0 Å². The molecule has 1 saturated heterocycles. The summed E-state index contributed by atoms with van der Waals surface area (Å²) in [7, 11) is -1.93. The highest BCUT2D eigenvalue weighted by Crippen LogP contribution is 2.10. The van der Waals surface area contributed by atoms with Gasteiger partial charge in [-0.1, -0.05) is 0 Å². The fourth-order valence-electron chi connectivity index (χ4n) is 1.50. The molecule has 0 amide bonds. The third-order valence-corrected chi connectivity index (χ3v) is 4.40. The topological polar surface area (TPSA) is 73.6 Å². The Hall–Kier alpha value is -0.680. The molecule has 1 unspecified atom stereocenters. The number of nitriles is 1. The molecule has 0 radical (unpaired) electrons. The van der Waals surface area contributed by atoms with Crippen molar-refractivity contribution < 1.29 is 13.2 Å². The van der Waals surface area contributed by atoms with Gasteiger partial charge in [0.05, 0.1) is 25.2 Å². The molecule has 1 rings (SSSR count). The Kier molecular flexibility index (Phi) is 4.68. The van der Waals surface area contributed by atoms with Crippen LogP contribution in [0.3, 0.4) is 0 Å². The van der Waals surface area contributed by atoms with Crippen molar-refractivity contribution in [3.8, 4) is 6.07 Å². The van der Waals surface area contributed by atoms with E-state index in [0.717, 1.165) is 0 Å². The molecule has 1 heterocycles. The van der Waals surface area contributed by atoms with Crippen molar-refractivity contribution in [3.05, 3.63) is 0 Å². The molecule has 0 bridgehead atoms. The average molecular weight is 247 g/mol. The van der Waals surface area contributed by atoms with Crippen LogP contribution in [-0.2, 0) is 14.9 Å². The Morgan fingerprint density at radius 1 is 1.50 bits per heavy atom. The summed E-state index contributed by atoms with van der Waals surface area (Å²) >= 11 is 0. The average Bonchev–Trinajstić information content (AvgIpc) is 2.29. The molecule has 1 atom stereocenters. The lowest BCUT2D eigenvalue weighted by Crippen LogP contribution is -2.48. The van der Waals surface area contributed by atoms with Crippen molar-refractivity contribution in [2.45, 2.75) is 6.92 Å². The molecule has 1 fully saturated rings. The van der Waals surface area contributed by atoms with Crippen molar-refractivity contribution in [1.29, 1.82) is 5.26 Å². The van der Waals surface area contributed by atoms with E-state index >= 15 is 0 Å². The summed E-state index contributed by atoms with van der Waals surface area (Å²) in [6, 6.07) is 2.02. The molecule has 92 valence electrons. The Balaban J connectivity index is 2.65. The third-order valence-electron chi connectivity index (χ3n) is 2.44. The Labute approximate surface area is 96.6 Å². The van der Waals surface area contributed by atoms with E-state index in [9.17, 15) is 8.42 Å². The van der Waals surface area contributed by atoms with Gasteiger partial charge in [0.25, 0.3) is 10.2 Å². The highest BCUT2D eigenvalue weighted by atomic mass is 32.2. The maximum atomic E-state index is 12.0. The molecule has 1 aliphatic rings. The van der Waals surface area contributed by atoms with Crippen LogP contribution in [-0.4, -0.2) is 56.9 Å². The first-order chi connectivity index (χ1) is 7.48. The summed E-state index contributed by atoms with van der Waals surface area (Å²) in [6.07, 6.45) is 0. The van der Waals surface area contributed by atoms with Crippen molar-refractivity contribution in [2.24, 2.45) is 5.92 Å². The molecule has 0 aromatic carbocycles. The lowest BCUT2D eigenvalue weighted by molar-refractivity contribution is 0.0705.